The van der Waals surface area contributed by atoms with E-state index in [1.165, 1.54) is 0 Å². The monoisotopic (exact) mass is 375 g/mol. The number of hydrogen-bond acceptors (Lipinski definition) is 4. The van der Waals surface area contributed by atoms with Gasteiger partial charge < -0.3 is 15.0 Å². The van der Waals surface area contributed by atoms with E-state index < -0.39 is 5.92 Å². The molecular formula is C22H21N3O3. The van der Waals surface area contributed by atoms with Crippen molar-refractivity contribution in [1.29, 1.82) is 0 Å². The summed E-state index contributed by atoms with van der Waals surface area (Å²) in [5.41, 5.74) is 3.12. The second kappa shape index (κ2) is 7.31. The molecule has 0 spiro atoms. The lowest BCUT2D eigenvalue weighted by molar-refractivity contribution is -0.122. The molecule has 1 N–H and O–H groups in total. The first kappa shape index (κ1) is 18.0. The third-order valence-corrected chi connectivity index (χ3v) is 5.01. The summed E-state index contributed by atoms with van der Waals surface area (Å²) >= 11 is 0. The van der Waals surface area contributed by atoms with Crippen molar-refractivity contribution < 1.29 is 14.3 Å². The number of hydrogen-bond donors (Lipinski definition) is 1. The predicted molar refractivity (Wildman–Crippen MR) is 109 cm³/mol. The highest BCUT2D eigenvalue weighted by molar-refractivity contribution is 6.06. The molecule has 1 aliphatic rings. The molecule has 6 nitrogen and oxygen atoms in total. The third kappa shape index (κ3) is 3.29. The van der Waals surface area contributed by atoms with E-state index in [-0.39, 0.29) is 18.2 Å². The molecule has 0 radical (unpaired) electrons. The highest BCUT2D eigenvalue weighted by Crippen LogP contribution is 2.34. The first-order chi connectivity index (χ1) is 13.6. The lowest BCUT2D eigenvalue weighted by Gasteiger charge is -2.20. The lowest BCUT2D eigenvalue weighted by Crippen LogP contribution is -2.28. The summed E-state index contributed by atoms with van der Waals surface area (Å²) in [5.74, 6) is -0.0735. The third-order valence-electron chi connectivity index (χ3n) is 5.01. The second-order valence-electron chi connectivity index (χ2n) is 6.95. The summed E-state index contributed by atoms with van der Waals surface area (Å²) in [6.45, 7) is 2.28. The van der Waals surface area contributed by atoms with E-state index in [4.69, 9.17) is 4.74 Å². The number of anilines is 2. The number of carbonyl (C=O) groups is 2. The molecule has 2 heterocycles. The number of carbonyl (C=O) groups excluding carboxylic acids is 2. The van der Waals surface area contributed by atoms with Gasteiger partial charge in [-0.15, -0.1) is 0 Å². The van der Waals surface area contributed by atoms with Crippen molar-refractivity contribution in [2.75, 3.05) is 23.9 Å². The van der Waals surface area contributed by atoms with Crippen molar-refractivity contribution in [1.82, 2.24) is 4.98 Å². The number of rotatable bonds is 4. The Balaban J connectivity index is 1.56. The Morgan fingerprint density at radius 1 is 1.21 bits per heavy atom. The Labute approximate surface area is 163 Å². The molecule has 1 saturated heterocycles. The van der Waals surface area contributed by atoms with E-state index in [0.29, 0.717) is 23.7 Å². The van der Waals surface area contributed by atoms with Crippen LogP contribution in [0, 0.1) is 12.8 Å². The van der Waals surface area contributed by atoms with Crippen LogP contribution in [0.15, 0.2) is 54.7 Å². The molecular weight excluding hydrogens is 354 g/mol. The number of para-hydroxylation sites is 1. The molecule has 1 atom stereocenters. The van der Waals surface area contributed by atoms with Gasteiger partial charge in [-0.1, -0.05) is 24.3 Å². The zero-order valence-corrected chi connectivity index (χ0v) is 15.8. The standard InChI is InChI=1S/C22H21N3O3/c1-14-8-9-19(28-2)18(11-14)25-13-16(12-20(25)26)22(27)24-17-7-3-5-15-6-4-10-23-21(15)17/h3-11,16H,12-13H2,1-2H3,(H,24,27)/t16-/m1/s1. The van der Waals surface area contributed by atoms with E-state index >= 15 is 0 Å². The van der Waals surface area contributed by atoms with Crippen LogP contribution in [-0.2, 0) is 9.59 Å². The minimum Gasteiger partial charge on any atom is -0.495 e. The summed E-state index contributed by atoms with van der Waals surface area (Å²) in [6, 6.07) is 15.1. The minimum atomic E-state index is -0.434. The first-order valence-electron chi connectivity index (χ1n) is 9.16. The van der Waals surface area contributed by atoms with E-state index in [9.17, 15) is 9.59 Å². The quantitative estimate of drug-likeness (QED) is 0.757. The number of nitrogens with zero attached hydrogens (tertiary/aromatic N) is 2. The highest BCUT2D eigenvalue weighted by atomic mass is 16.5. The Morgan fingerprint density at radius 3 is 2.86 bits per heavy atom. The Bertz CT molecular complexity index is 1060. The number of pyridine rings is 1. The normalized spacial score (nSPS) is 16.4. The zero-order valence-electron chi connectivity index (χ0n) is 15.8. The zero-order chi connectivity index (χ0) is 19.7. The van der Waals surface area contributed by atoms with Crippen molar-refractivity contribution >= 4 is 34.1 Å². The summed E-state index contributed by atoms with van der Waals surface area (Å²) in [4.78, 5) is 31.5. The molecule has 28 heavy (non-hydrogen) atoms. The molecule has 142 valence electrons. The summed E-state index contributed by atoms with van der Waals surface area (Å²) in [5, 5.41) is 3.90. The number of benzene rings is 2. The molecule has 0 saturated carbocycles. The van der Waals surface area contributed by atoms with Gasteiger partial charge in [0.05, 0.1) is 29.9 Å². The minimum absolute atomic E-state index is 0.0832. The van der Waals surface area contributed by atoms with E-state index in [0.717, 1.165) is 16.5 Å². The molecule has 1 aromatic heterocycles. The number of methoxy groups -OCH3 is 1. The van der Waals surface area contributed by atoms with E-state index in [1.54, 1.807) is 18.2 Å². The first-order valence-corrected chi connectivity index (χ1v) is 9.16. The van der Waals surface area contributed by atoms with Gasteiger partial charge in [0, 0.05) is 24.5 Å². The van der Waals surface area contributed by atoms with Crippen LogP contribution in [0.4, 0.5) is 11.4 Å². The van der Waals surface area contributed by atoms with Crippen molar-refractivity contribution in [2.45, 2.75) is 13.3 Å². The maximum Gasteiger partial charge on any atom is 0.229 e. The van der Waals surface area contributed by atoms with Gasteiger partial charge in [0.15, 0.2) is 0 Å². The summed E-state index contributed by atoms with van der Waals surface area (Å²) in [7, 11) is 1.58. The van der Waals surface area contributed by atoms with Crippen LogP contribution in [0.25, 0.3) is 10.9 Å². The molecule has 2 amide bonds. The fourth-order valence-corrected chi connectivity index (χ4v) is 3.57. The molecule has 6 heteroatoms. The summed E-state index contributed by atoms with van der Waals surface area (Å²) < 4.78 is 5.40. The molecule has 0 unspecified atom stereocenters. The second-order valence-corrected chi connectivity index (χ2v) is 6.95. The fourth-order valence-electron chi connectivity index (χ4n) is 3.57. The molecule has 2 aromatic carbocycles. The predicted octanol–water partition coefficient (Wildman–Crippen LogP) is 3.54. The summed E-state index contributed by atoms with van der Waals surface area (Å²) in [6.07, 6.45) is 1.87. The number of nitrogens with one attached hydrogen (secondary N) is 1. The van der Waals surface area contributed by atoms with Crippen LogP contribution in [0.5, 0.6) is 5.75 Å². The van der Waals surface area contributed by atoms with Crippen LogP contribution in [0.3, 0.4) is 0 Å². The van der Waals surface area contributed by atoms with Crippen molar-refractivity contribution in [2.24, 2.45) is 5.92 Å². The van der Waals surface area contributed by atoms with Crippen LogP contribution in [0.2, 0.25) is 0 Å². The van der Waals surface area contributed by atoms with Gasteiger partial charge in [-0.2, -0.15) is 0 Å². The number of amides is 2. The van der Waals surface area contributed by atoms with Gasteiger partial charge in [0.1, 0.15) is 5.75 Å². The van der Waals surface area contributed by atoms with E-state index in [2.05, 4.69) is 10.3 Å². The van der Waals surface area contributed by atoms with Crippen LogP contribution >= 0.6 is 0 Å². The van der Waals surface area contributed by atoms with Crippen molar-refractivity contribution in [3.05, 3.63) is 60.3 Å². The maximum atomic E-state index is 12.9. The maximum absolute atomic E-state index is 12.9. The SMILES string of the molecule is COc1ccc(C)cc1N1C[C@H](C(=O)Nc2cccc3cccnc23)CC1=O. The topological polar surface area (TPSA) is 71.5 Å². The number of aryl methyl sites for hydroxylation is 1. The van der Waals surface area contributed by atoms with E-state index in [1.807, 2.05) is 55.5 Å². The van der Waals surface area contributed by atoms with Crippen molar-refractivity contribution in [3.8, 4) is 5.75 Å². The average molecular weight is 375 g/mol. The van der Waals surface area contributed by atoms with Gasteiger partial charge >= 0.3 is 0 Å². The molecule has 0 aliphatic carbocycles. The lowest BCUT2D eigenvalue weighted by atomic mass is 10.1. The highest BCUT2D eigenvalue weighted by Gasteiger charge is 2.36. The molecule has 3 aromatic rings. The largest absolute Gasteiger partial charge is 0.495 e. The van der Waals surface area contributed by atoms with Gasteiger partial charge in [-0.05, 0) is 36.8 Å². The van der Waals surface area contributed by atoms with Gasteiger partial charge in [-0.3, -0.25) is 14.6 Å². The number of ether oxygens (including phenoxy) is 1. The Morgan fingerprint density at radius 2 is 2.04 bits per heavy atom. The van der Waals surface area contributed by atoms with Gasteiger partial charge in [0.25, 0.3) is 0 Å². The van der Waals surface area contributed by atoms with Crippen LogP contribution < -0.4 is 15.0 Å². The molecule has 1 fully saturated rings. The smallest absolute Gasteiger partial charge is 0.229 e. The average Bonchev–Trinajstić information content (AvgIpc) is 3.10. The molecule has 1 aliphatic heterocycles. The Hall–Kier alpha value is -3.41. The van der Waals surface area contributed by atoms with Gasteiger partial charge in [-0.25, -0.2) is 0 Å². The van der Waals surface area contributed by atoms with Crippen molar-refractivity contribution in [3.63, 3.8) is 0 Å². The Kier molecular flexibility index (Phi) is 4.69. The fraction of sp³-hybridized carbons (Fsp3) is 0.227. The molecule has 4 rings (SSSR count). The molecule has 0 bridgehead atoms. The van der Waals surface area contributed by atoms with Crippen LogP contribution in [-0.4, -0.2) is 30.5 Å². The van der Waals surface area contributed by atoms with Crippen LogP contribution in [0.1, 0.15) is 12.0 Å². The number of aromatic nitrogens is 1. The number of fused-ring (bicyclic) bond motifs is 1. The van der Waals surface area contributed by atoms with Gasteiger partial charge in [0.2, 0.25) is 11.8 Å².